The van der Waals surface area contributed by atoms with Crippen LogP contribution in [0.1, 0.15) is 5.56 Å². The van der Waals surface area contributed by atoms with E-state index in [-0.39, 0.29) is 12.4 Å². The monoisotopic (exact) mass is 328 g/mol. The molecule has 0 spiro atoms. The fourth-order valence-corrected chi connectivity index (χ4v) is 2.02. The van der Waals surface area contributed by atoms with Crippen LogP contribution >= 0.6 is 15.9 Å². The van der Waals surface area contributed by atoms with Crippen LogP contribution in [-0.2, 0) is 6.61 Å². The quantitative estimate of drug-likeness (QED) is 0.832. The molecule has 5 heteroatoms. The molecule has 0 N–H and O–H groups in total. The number of rotatable bonds is 4. The highest BCUT2D eigenvalue weighted by atomic mass is 79.9. The lowest BCUT2D eigenvalue weighted by atomic mass is 10.2. The molecule has 0 aliphatic rings. The van der Waals surface area contributed by atoms with Crippen LogP contribution in [0.2, 0.25) is 0 Å². The molecule has 0 aromatic heterocycles. The van der Waals surface area contributed by atoms with Gasteiger partial charge in [-0.15, -0.1) is 0 Å². The Hall–Kier alpha value is -1.62. The summed E-state index contributed by atoms with van der Waals surface area (Å²) in [6, 6.07) is 9.21. The van der Waals surface area contributed by atoms with Crippen molar-refractivity contribution in [3.8, 4) is 11.5 Å². The minimum Gasteiger partial charge on any atom is -0.496 e. The highest BCUT2D eigenvalue weighted by Crippen LogP contribution is 2.26. The SMILES string of the molecule is COc1ccc(Br)cc1COc1cccc(F)c1F. The third-order valence-electron chi connectivity index (χ3n) is 2.54. The van der Waals surface area contributed by atoms with E-state index in [1.165, 1.54) is 19.2 Å². The van der Waals surface area contributed by atoms with Crippen molar-refractivity contribution in [1.82, 2.24) is 0 Å². The second kappa shape index (κ2) is 6.02. The zero-order valence-electron chi connectivity index (χ0n) is 10.1. The Morgan fingerprint density at radius 1 is 1.11 bits per heavy atom. The minimum absolute atomic E-state index is 0.0863. The predicted octanol–water partition coefficient (Wildman–Crippen LogP) is 4.31. The molecule has 0 saturated heterocycles. The van der Waals surface area contributed by atoms with Crippen LogP contribution < -0.4 is 9.47 Å². The summed E-state index contributed by atoms with van der Waals surface area (Å²) in [5.74, 6) is -1.42. The van der Waals surface area contributed by atoms with E-state index in [9.17, 15) is 8.78 Å². The zero-order chi connectivity index (χ0) is 13.8. The third kappa shape index (κ3) is 3.23. The van der Waals surface area contributed by atoms with Crippen LogP contribution in [0, 0.1) is 11.6 Å². The average Bonchev–Trinajstić information content (AvgIpc) is 2.40. The first kappa shape index (κ1) is 13.8. The van der Waals surface area contributed by atoms with Crippen molar-refractivity contribution < 1.29 is 18.3 Å². The van der Waals surface area contributed by atoms with Crippen molar-refractivity contribution in [1.29, 1.82) is 0 Å². The van der Waals surface area contributed by atoms with Gasteiger partial charge in [0.05, 0.1) is 7.11 Å². The highest BCUT2D eigenvalue weighted by Gasteiger charge is 2.10. The Kier molecular flexibility index (Phi) is 4.37. The van der Waals surface area contributed by atoms with Crippen LogP contribution in [0.25, 0.3) is 0 Å². The van der Waals surface area contributed by atoms with E-state index < -0.39 is 11.6 Å². The molecule has 0 heterocycles. The molecule has 0 radical (unpaired) electrons. The lowest BCUT2D eigenvalue weighted by molar-refractivity contribution is 0.277. The van der Waals surface area contributed by atoms with Gasteiger partial charge >= 0.3 is 0 Å². The zero-order valence-corrected chi connectivity index (χ0v) is 11.7. The number of hydrogen-bond donors (Lipinski definition) is 0. The molecular weight excluding hydrogens is 318 g/mol. The predicted molar refractivity (Wildman–Crippen MR) is 71.4 cm³/mol. The van der Waals surface area contributed by atoms with E-state index in [2.05, 4.69) is 15.9 Å². The molecule has 0 atom stereocenters. The van der Waals surface area contributed by atoms with E-state index in [1.807, 2.05) is 6.07 Å². The number of hydrogen-bond acceptors (Lipinski definition) is 2. The van der Waals surface area contributed by atoms with Gasteiger partial charge in [-0.05, 0) is 30.3 Å². The van der Waals surface area contributed by atoms with Crippen molar-refractivity contribution in [2.75, 3.05) is 7.11 Å². The van der Waals surface area contributed by atoms with E-state index in [4.69, 9.17) is 9.47 Å². The molecule has 0 unspecified atom stereocenters. The first-order chi connectivity index (χ1) is 9.11. The molecule has 0 aliphatic heterocycles. The Bertz CT molecular complexity index is 588. The number of methoxy groups -OCH3 is 1. The van der Waals surface area contributed by atoms with Gasteiger partial charge in [0.25, 0.3) is 0 Å². The van der Waals surface area contributed by atoms with Crippen LogP contribution in [0.15, 0.2) is 40.9 Å². The van der Waals surface area contributed by atoms with Gasteiger partial charge in [0.1, 0.15) is 12.4 Å². The minimum atomic E-state index is -0.989. The summed E-state index contributed by atoms with van der Waals surface area (Å²) in [5.41, 5.74) is 0.737. The molecular formula is C14H11BrF2O2. The van der Waals surface area contributed by atoms with Gasteiger partial charge in [0.15, 0.2) is 11.6 Å². The maximum Gasteiger partial charge on any atom is 0.200 e. The van der Waals surface area contributed by atoms with Gasteiger partial charge in [-0.3, -0.25) is 0 Å². The molecule has 0 fully saturated rings. The summed E-state index contributed by atoms with van der Waals surface area (Å²) in [4.78, 5) is 0. The lowest BCUT2D eigenvalue weighted by Crippen LogP contribution is -2.01. The Labute approximate surface area is 118 Å². The first-order valence-corrected chi connectivity index (χ1v) is 6.30. The van der Waals surface area contributed by atoms with Gasteiger partial charge in [-0.2, -0.15) is 4.39 Å². The summed E-state index contributed by atoms with van der Waals surface area (Å²) in [6.45, 7) is 0.0863. The molecule has 0 amide bonds. The normalized spacial score (nSPS) is 10.3. The third-order valence-corrected chi connectivity index (χ3v) is 3.04. The van der Waals surface area contributed by atoms with Crippen molar-refractivity contribution in [3.05, 3.63) is 58.1 Å². The van der Waals surface area contributed by atoms with Crippen molar-refractivity contribution in [2.24, 2.45) is 0 Å². The summed E-state index contributed by atoms with van der Waals surface area (Å²) in [6.07, 6.45) is 0. The van der Waals surface area contributed by atoms with Crippen molar-refractivity contribution in [2.45, 2.75) is 6.61 Å². The fraction of sp³-hybridized carbons (Fsp3) is 0.143. The van der Waals surface area contributed by atoms with E-state index >= 15 is 0 Å². The van der Waals surface area contributed by atoms with Crippen LogP contribution in [0.3, 0.4) is 0 Å². The van der Waals surface area contributed by atoms with Gasteiger partial charge in [0.2, 0.25) is 5.82 Å². The number of benzene rings is 2. The van der Waals surface area contributed by atoms with Crippen molar-refractivity contribution in [3.63, 3.8) is 0 Å². The second-order valence-electron chi connectivity index (χ2n) is 3.80. The second-order valence-corrected chi connectivity index (χ2v) is 4.71. The number of ether oxygens (including phenoxy) is 2. The van der Waals surface area contributed by atoms with Crippen LogP contribution in [-0.4, -0.2) is 7.11 Å². The maximum atomic E-state index is 13.4. The molecule has 0 bridgehead atoms. The molecule has 19 heavy (non-hydrogen) atoms. The summed E-state index contributed by atoms with van der Waals surface area (Å²) in [7, 11) is 1.54. The maximum absolute atomic E-state index is 13.4. The molecule has 0 aliphatic carbocycles. The fourth-order valence-electron chi connectivity index (χ4n) is 1.61. The summed E-state index contributed by atoms with van der Waals surface area (Å²) >= 11 is 3.33. The van der Waals surface area contributed by atoms with Gasteiger partial charge in [-0.1, -0.05) is 22.0 Å². The molecule has 2 aromatic rings. The molecule has 2 nitrogen and oxygen atoms in total. The van der Waals surface area contributed by atoms with Gasteiger partial charge in [0, 0.05) is 10.0 Å². The summed E-state index contributed by atoms with van der Waals surface area (Å²) in [5, 5.41) is 0. The number of halogens is 3. The van der Waals surface area contributed by atoms with Crippen molar-refractivity contribution >= 4 is 15.9 Å². The standard InChI is InChI=1S/C14H11BrF2O2/c1-18-12-6-5-10(15)7-9(12)8-19-13-4-2-3-11(16)14(13)17/h2-7H,8H2,1H3. The topological polar surface area (TPSA) is 18.5 Å². The first-order valence-electron chi connectivity index (χ1n) is 5.51. The van der Waals surface area contributed by atoms with Crippen LogP contribution in [0.5, 0.6) is 11.5 Å². The Balaban J connectivity index is 2.18. The van der Waals surface area contributed by atoms with E-state index in [0.29, 0.717) is 5.75 Å². The van der Waals surface area contributed by atoms with E-state index in [1.54, 1.807) is 12.1 Å². The Morgan fingerprint density at radius 3 is 2.63 bits per heavy atom. The lowest BCUT2D eigenvalue weighted by Gasteiger charge is -2.11. The molecule has 2 rings (SSSR count). The highest BCUT2D eigenvalue weighted by molar-refractivity contribution is 9.10. The Morgan fingerprint density at radius 2 is 1.89 bits per heavy atom. The van der Waals surface area contributed by atoms with Gasteiger partial charge in [-0.25, -0.2) is 4.39 Å². The average molecular weight is 329 g/mol. The molecule has 0 saturated carbocycles. The largest absolute Gasteiger partial charge is 0.496 e. The molecule has 100 valence electrons. The van der Waals surface area contributed by atoms with Crippen LogP contribution in [0.4, 0.5) is 8.78 Å². The molecule has 2 aromatic carbocycles. The van der Waals surface area contributed by atoms with E-state index in [0.717, 1.165) is 16.1 Å². The van der Waals surface area contributed by atoms with Gasteiger partial charge < -0.3 is 9.47 Å². The smallest absolute Gasteiger partial charge is 0.200 e. The summed E-state index contributed by atoms with van der Waals surface area (Å²) < 4.78 is 37.8.